The molecular weight excluding hydrogens is 458 g/mol. The Kier molecular flexibility index (Phi) is 7.98. The summed E-state index contributed by atoms with van der Waals surface area (Å²) in [5, 5.41) is 2.91. The van der Waals surface area contributed by atoms with E-state index in [1.54, 1.807) is 12.1 Å². The average Bonchev–Trinajstić information content (AvgIpc) is 3.10. The van der Waals surface area contributed by atoms with E-state index in [0.29, 0.717) is 18.8 Å². The summed E-state index contributed by atoms with van der Waals surface area (Å²) in [6, 6.07) is 6.17. The molecule has 10 nitrogen and oxygen atoms in total. The van der Waals surface area contributed by atoms with Crippen LogP contribution in [0.2, 0.25) is 0 Å². The predicted molar refractivity (Wildman–Crippen MR) is 132 cm³/mol. The van der Waals surface area contributed by atoms with E-state index in [1.807, 2.05) is 13.8 Å². The second-order valence-electron chi connectivity index (χ2n) is 9.03. The standard InChI is InChI=1S/C23H33N5O5S/c1-16(2)15-28-21(24)20(22(30)26(3)23(28)31)19(29)14-25-17-8-10-18(11-9-17)34(32,33)27-12-6-4-5-7-13-27/h8-11,16,25H,4-7,12-15,24H2,1-3H3. The highest BCUT2D eigenvalue weighted by molar-refractivity contribution is 7.89. The molecule has 11 heteroatoms. The predicted octanol–water partition coefficient (Wildman–Crippen LogP) is 1.64. The molecular formula is C23H33N5O5S. The number of anilines is 2. The van der Waals surface area contributed by atoms with Gasteiger partial charge in [0.15, 0.2) is 5.78 Å². The first-order chi connectivity index (χ1) is 16.0. The number of carbonyl (C=O) groups is 1. The fraction of sp³-hybridized carbons (Fsp3) is 0.522. The van der Waals surface area contributed by atoms with Crippen LogP contribution in [0.4, 0.5) is 11.5 Å². The Labute approximate surface area is 199 Å². The molecule has 2 aromatic rings. The number of aromatic nitrogens is 2. The van der Waals surface area contributed by atoms with Gasteiger partial charge in [-0.3, -0.25) is 18.7 Å². The van der Waals surface area contributed by atoms with Gasteiger partial charge in [0.1, 0.15) is 11.4 Å². The van der Waals surface area contributed by atoms with Crippen molar-refractivity contribution >= 4 is 27.3 Å². The third kappa shape index (κ3) is 5.41. The van der Waals surface area contributed by atoms with Crippen molar-refractivity contribution in [1.29, 1.82) is 0 Å². The van der Waals surface area contributed by atoms with Crippen molar-refractivity contribution in [1.82, 2.24) is 13.4 Å². The molecule has 2 heterocycles. The first kappa shape index (κ1) is 25.7. The van der Waals surface area contributed by atoms with Crippen LogP contribution >= 0.6 is 0 Å². The molecule has 0 radical (unpaired) electrons. The number of nitrogens with two attached hydrogens (primary N) is 1. The van der Waals surface area contributed by atoms with Gasteiger partial charge >= 0.3 is 5.69 Å². The number of rotatable bonds is 8. The number of ketones is 1. The summed E-state index contributed by atoms with van der Waals surface area (Å²) in [4.78, 5) is 38.0. The van der Waals surface area contributed by atoms with Gasteiger partial charge in [0.05, 0.1) is 11.4 Å². The highest BCUT2D eigenvalue weighted by Gasteiger charge is 2.25. The van der Waals surface area contributed by atoms with Crippen LogP contribution in [0.1, 0.15) is 49.9 Å². The van der Waals surface area contributed by atoms with Gasteiger partial charge < -0.3 is 11.1 Å². The maximum atomic E-state index is 12.9. The zero-order valence-electron chi connectivity index (χ0n) is 19.9. The summed E-state index contributed by atoms with van der Waals surface area (Å²) in [7, 11) is -2.25. The molecule has 0 aliphatic carbocycles. The van der Waals surface area contributed by atoms with E-state index >= 15 is 0 Å². The number of hydrogen-bond donors (Lipinski definition) is 2. The number of sulfonamides is 1. The van der Waals surface area contributed by atoms with Crippen molar-refractivity contribution in [3.63, 3.8) is 0 Å². The van der Waals surface area contributed by atoms with Crippen molar-refractivity contribution in [2.24, 2.45) is 13.0 Å². The molecule has 0 amide bonds. The number of nitrogens with zero attached hydrogens (tertiary/aromatic N) is 3. The summed E-state index contributed by atoms with van der Waals surface area (Å²) < 4.78 is 29.5. The van der Waals surface area contributed by atoms with Crippen LogP contribution in [0.3, 0.4) is 0 Å². The summed E-state index contributed by atoms with van der Waals surface area (Å²) in [6.07, 6.45) is 3.78. The van der Waals surface area contributed by atoms with E-state index in [0.717, 1.165) is 30.3 Å². The van der Waals surface area contributed by atoms with Crippen LogP contribution in [0.25, 0.3) is 0 Å². The Morgan fingerprint density at radius 1 is 1.06 bits per heavy atom. The molecule has 0 atom stereocenters. The lowest BCUT2D eigenvalue weighted by Gasteiger charge is -2.20. The van der Waals surface area contributed by atoms with Crippen molar-refractivity contribution in [3.05, 3.63) is 50.7 Å². The summed E-state index contributed by atoms with van der Waals surface area (Å²) >= 11 is 0. The zero-order valence-corrected chi connectivity index (χ0v) is 20.7. The fourth-order valence-corrected chi connectivity index (χ4v) is 5.55. The van der Waals surface area contributed by atoms with Crippen LogP contribution in [-0.4, -0.2) is 47.3 Å². The minimum atomic E-state index is -3.57. The summed E-state index contributed by atoms with van der Waals surface area (Å²) in [5.41, 5.74) is 5.02. The molecule has 1 aliphatic rings. The lowest BCUT2D eigenvalue weighted by Crippen LogP contribution is -2.43. The molecule has 1 aromatic carbocycles. The molecule has 1 aromatic heterocycles. The quantitative estimate of drug-likeness (QED) is 0.536. The minimum Gasteiger partial charge on any atom is -0.384 e. The van der Waals surface area contributed by atoms with Crippen LogP contribution in [0.15, 0.2) is 38.8 Å². The number of hydrogen-bond acceptors (Lipinski definition) is 7. The number of nitrogen functional groups attached to an aromatic ring is 1. The van der Waals surface area contributed by atoms with Gasteiger partial charge in [0.2, 0.25) is 10.0 Å². The van der Waals surface area contributed by atoms with Crippen LogP contribution < -0.4 is 22.3 Å². The molecule has 186 valence electrons. The lowest BCUT2D eigenvalue weighted by atomic mass is 10.1. The van der Waals surface area contributed by atoms with Crippen LogP contribution in [0, 0.1) is 5.92 Å². The first-order valence-electron chi connectivity index (χ1n) is 11.5. The first-order valence-corrected chi connectivity index (χ1v) is 12.9. The van der Waals surface area contributed by atoms with Crippen molar-refractivity contribution in [3.8, 4) is 0 Å². The van der Waals surface area contributed by atoms with Gasteiger partial charge in [-0.1, -0.05) is 26.7 Å². The SMILES string of the molecule is CC(C)Cn1c(N)c(C(=O)CNc2ccc(S(=O)(=O)N3CCCCCC3)cc2)c(=O)n(C)c1=O. The molecule has 1 saturated heterocycles. The molecule has 3 N–H and O–H groups in total. The monoisotopic (exact) mass is 491 g/mol. The third-order valence-electron chi connectivity index (χ3n) is 5.92. The van der Waals surface area contributed by atoms with Gasteiger partial charge in [-0.2, -0.15) is 4.31 Å². The number of benzene rings is 1. The topological polar surface area (TPSA) is 136 Å². The van der Waals surface area contributed by atoms with Crippen molar-refractivity contribution in [2.75, 3.05) is 30.7 Å². The van der Waals surface area contributed by atoms with E-state index in [9.17, 15) is 22.8 Å². The maximum absolute atomic E-state index is 12.9. The summed E-state index contributed by atoms with van der Waals surface area (Å²) in [6.45, 7) is 4.88. The molecule has 0 spiro atoms. The molecule has 34 heavy (non-hydrogen) atoms. The Hall–Kier alpha value is -2.92. The van der Waals surface area contributed by atoms with Gasteiger partial charge in [-0.15, -0.1) is 0 Å². The summed E-state index contributed by atoms with van der Waals surface area (Å²) in [5.74, 6) is -0.618. The second kappa shape index (κ2) is 10.6. The third-order valence-corrected chi connectivity index (χ3v) is 7.83. The normalized spacial score (nSPS) is 15.3. The largest absolute Gasteiger partial charge is 0.384 e. The van der Waals surface area contributed by atoms with E-state index in [-0.39, 0.29) is 35.3 Å². The van der Waals surface area contributed by atoms with Crippen molar-refractivity contribution in [2.45, 2.75) is 51.0 Å². The van der Waals surface area contributed by atoms with Gasteiger partial charge in [0.25, 0.3) is 5.56 Å². The maximum Gasteiger partial charge on any atom is 0.332 e. The lowest BCUT2D eigenvalue weighted by molar-refractivity contribution is 0.100. The number of Topliss-reactive ketones (excluding diaryl/α,β-unsaturated/α-hetero) is 1. The van der Waals surface area contributed by atoms with E-state index in [4.69, 9.17) is 5.73 Å². The van der Waals surface area contributed by atoms with E-state index in [2.05, 4.69) is 5.32 Å². The number of nitrogens with one attached hydrogen (secondary N) is 1. The minimum absolute atomic E-state index is 0.0858. The molecule has 0 bridgehead atoms. The second-order valence-corrected chi connectivity index (χ2v) is 11.0. The van der Waals surface area contributed by atoms with Gasteiger partial charge in [-0.25, -0.2) is 13.2 Å². The van der Waals surface area contributed by atoms with E-state index in [1.165, 1.54) is 28.1 Å². The smallest absolute Gasteiger partial charge is 0.332 e. The number of carbonyl (C=O) groups excluding carboxylic acids is 1. The fourth-order valence-electron chi connectivity index (χ4n) is 4.03. The molecule has 1 aliphatic heterocycles. The Balaban J connectivity index is 1.76. The van der Waals surface area contributed by atoms with Crippen LogP contribution in [-0.2, 0) is 23.6 Å². The molecule has 1 fully saturated rings. The van der Waals surface area contributed by atoms with Gasteiger partial charge in [0, 0.05) is 32.4 Å². The van der Waals surface area contributed by atoms with Crippen molar-refractivity contribution < 1.29 is 13.2 Å². The highest BCUT2D eigenvalue weighted by Crippen LogP contribution is 2.22. The zero-order chi connectivity index (χ0) is 25.0. The molecule has 0 saturated carbocycles. The molecule has 3 rings (SSSR count). The molecule has 0 unspecified atom stereocenters. The van der Waals surface area contributed by atoms with E-state index < -0.39 is 27.1 Å². The van der Waals surface area contributed by atoms with Crippen LogP contribution in [0.5, 0.6) is 0 Å². The average molecular weight is 492 g/mol. The van der Waals surface area contributed by atoms with Gasteiger partial charge in [-0.05, 0) is 43.0 Å². The Morgan fingerprint density at radius 3 is 2.21 bits per heavy atom. The Bertz CT molecular complexity index is 1250. The Morgan fingerprint density at radius 2 is 1.65 bits per heavy atom. The highest BCUT2D eigenvalue weighted by atomic mass is 32.2.